The lowest BCUT2D eigenvalue weighted by molar-refractivity contribution is -0.121. The second-order valence-electron chi connectivity index (χ2n) is 4.05. The molecule has 1 aromatic carbocycles. The van der Waals surface area contributed by atoms with Gasteiger partial charge in [-0.05, 0) is 30.7 Å². The van der Waals surface area contributed by atoms with Gasteiger partial charge in [-0.25, -0.2) is 0 Å². The molecule has 0 aliphatic rings. The maximum Gasteiger partial charge on any atom is 0.221 e. The number of halogens is 1. The highest BCUT2D eigenvalue weighted by atomic mass is 35.5. The Morgan fingerprint density at radius 1 is 1.21 bits per heavy atom. The smallest absolute Gasteiger partial charge is 0.221 e. The molecule has 0 unspecified atom stereocenters. The Morgan fingerprint density at radius 2 is 1.84 bits per heavy atom. The molecule has 0 fully saturated rings. The molecule has 19 heavy (non-hydrogen) atoms. The van der Waals surface area contributed by atoms with Crippen LogP contribution in [0.25, 0.3) is 0 Å². The standard InChI is InChI=1S/C13H19N3O2.ClH/c1-10(17)16-12-6-4-11(5-7-12)9-15-13(18)3-2-8-14;/h4-7H,2-3,8-9,14H2,1H3,(H,15,18)(H,16,17);1H. The van der Waals surface area contributed by atoms with Crippen LogP contribution < -0.4 is 16.4 Å². The van der Waals surface area contributed by atoms with Crippen LogP contribution in [-0.2, 0) is 16.1 Å². The van der Waals surface area contributed by atoms with E-state index in [1.807, 2.05) is 24.3 Å². The fraction of sp³-hybridized carbons (Fsp3) is 0.385. The number of anilines is 1. The second-order valence-corrected chi connectivity index (χ2v) is 4.05. The molecular weight excluding hydrogens is 266 g/mol. The Morgan fingerprint density at radius 3 is 2.37 bits per heavy atom. The van der Waals surface area contributed by atoms with Crippen LogP contribution in [0.3, 0.4) is 0 Å². The van der Waals surface area contributed by atoms with E-state index in [2.05, 4.69) is 10.6 Å². The third kappa shape index (κ3) is 7.43. The van der Waals surface area contributed by atoms with Gasteiger partial charge in [-0.15, -0.1) is 12.4 Å². The molecule has 0 saturated carbocycles. The van der Waals surface area contributed by atoms with E-state index in [-0.39, 0.29) is 24.2 Å². The van der Waals surface area contributed by atoms with Gasteiger partial charge in [0.05, 0.1) is 0 Å². The highest BCUT2D eigenvalue weighted by Gasteiger charge is 2.01. The van der Waals surface area contributed by atoms with Crippen LogP contribution in [0.15, 0.2) is 24.3 Å². The largest absolute Gasteiger partial charge is 0.352 e. The first kappa shape index (κ1) is 17.4. The number of rotatable bonds is 6. The van der Waals surface area contributed by atoms with E-state index < -0.39 is 0 Å². The summed E-state index contributed by atoms with van der Waals surface area (Å²) in [5.74, 6) is -0.0933. The van der Waals surface area contributed by atoms with Crippen molar-refractivity contribution in [3.63, 3.8) is 0 Å². The van der Waals surface area contributed by atoms with Crippen molar-refractivity contribution < 1.29 is 9.59 Å². The molecule has 0 aromatic heterocycles. The van der Waals surface area contributed by atoms with Gasteiger partial charge in [0.1, 0.15) is 0 Å². The summed E-state index contributed by atoms with van der Waals surface area (Å²) in [5, 5.41) is 5.50. The molecule has 6 heteroatoms. The average Bonchev–Trinajstić information content (AvgIpc) is 2.35. The monoisotopic (exact) mass is 285 g/mol. The van der Waals surface area contributed by atoms with Gasteiger partial charge >= 0.3 is 0 Å². The first-order valence-corrected chi connectivity index (χ1v) is 5.95. The third-order valence-corrected chi connectivity index (χ3v) is 2.37. The van der Waals surface area contributed by atoms with Gasteiger partial charge in [-0.1, -0.05) is 12.1 Å². The van der Waals surface area contributed by atoms with Gasteiger partial charge in [-0.2, -0.15) is 0 Å². The zero-order valence-corrected chi connectivity index (χ0v) is 11.8. The maximum atomic E-state index is 11.4. The van der Waals surface area contributed by atoms with E-state index >= 15 is 0 Å². The van der Waals surface area contributed by atoms with Gasteiger partial charge in [-0.3, -0.25) is 9.59 Å². The maximum absolute atomic E-state index is 11.4. The third-order valence-electron chi connectivity index (χ3n) is 2.37. The molecule has 0 heterocycles. The van der Waals surface area contributed by atoms with Crippen molar-refractivity contribution in [2.75, 3.05) is 11.9 Å². The Labute approximate surface area is 119 Å². The molecular formula is C13H20ClN3O2. The zero-order valence-electron chi connectivity index (χ0n) is 10.9. The van der Waals surface area contributed by atoms with E-state index in [0.29, 0.717) is 25.9 Å². The van der Waals surface area contributed by atoms with Crippen LogP contribution in [0.2, 0.25) is 0 Å². The predicted octanol–water partition coefficient (Wildman–Crippen LogP) is 1.42. The van der Waals surface area contributed by atoms with Gasteiger partial charge < -0.3 is 16.4 Å². The summed E-state index contributed by atoms with van der Waals surface area (Å²) in [6.45, 7) is 2.48. The molecule has 1 aromatic rings. The van der Waals surface area contributed by atoms with Crippen molar-refractivity contribution in [1.29, 1.82) is 0 Å². The highest BCUT2D eigenvalue weighted by Crippen LogP contribution is 2.09. The molecule has 0 radical (unpaired) electrons. The first-order chi connectivity index (χ1) is 8.61. The number of benzene rings is 1. The number of nitrogens with two attached hydrogens (primary N) is 1. The minimum absolute atomic E-state index is 0. The Kier molecular flexibility index (Phi) is 8.57. The molecule has 0 atom stereocenters. The molecule has 5 nitrogen and oxygen atoms in total. The number of amides is 2. The quantitative estimate of drug-likeness (QED) is 0.739. The van der Waals surface area contributed by atoms with Crippen LogP contribution in [-0.4, -0.2) is 18.4 Å². The highest BCUT2D eigenvalue weighted by molar-refractivity contribution is 5.88. The summed E-state index contributed by atoms with van der Waals surface area (Å²) in [4.78, 5) is 22.2. The lowest BCUT2D eigenvalue weighted by Crippen LogP contribution is -2.23. The summed E-state index contributed by atoms with van der Waals surface area (Å²) in [6.07, 6.45) is 1.16. The van der Waals surface area contributed by atoms with Crippen LogP contribution >= 0.6 is 12.4 Å². The SMILES string of the molecule is CC(=O)Nc1ccc(CNC(=O)CCCN)cc1.Cl. The topological polar surface area (TPSA) is 84.2 Å². The fourth-order valence-electron chi connectivity index (χ4n) is 1.46. The van der Waals surface area contributed by atoms with Crippen LogP contribution in [0.5, 0.6) is 0 Å². The first-order valence-electron chi connectivity index (χ1n) is 5.95. The van der Waals surface area contributed by atoms with Crippen molar-refractivity contribution in [3.05, 3.63) is 29.8 Å². The van der Waals surface area contributed by atoms with Crippen LogP contribution in [0.1, 0.15) is 25.3 Å². The van der Waals surface area contributed by atoms with E-state index in [0.717, 1.165) is 11.3 Å². The molecule has 0 bridgehead atoms. The number of hydrogen-bond donors (Lipinski definition) is 3. The molecule has 106 valence electrons. The van der Waals surface area contributed by atoms with Crippen LogP contribution in [0, 0.1) is 0 Å². The normalized spacial score (nSPS) is 9.37. The summed E-state index contributed by atoms with van der Waals surface area (Å²) in [7, 11) is 0. The molecule has 0 spiro atoms. The molecule has 0 saturated heterocycles. The predicted molar refractivity (Wildman–Crippen MR) is 78.1 cm³/mol. The van der Waals surface area contributed by atoms with Gasteiger partial charge in [0.2, 0.25) is 11.8 Å². The van der Waals surface area contributed by atoms with Gasteiger partial charge in [0.25, 0.3) is 0 Å². The molecule has 2 amide bonds. The van der Waals surface area contributed by atoms with Crippen molar-refractivity contribution in [1.82, 2.24) is 5.32 Å². The Balaban J connectivity index is 0.00000324. The molecule has 1 rings (SSSR count). The summed E-state index contributed by atoms with van der Waals surface area (Å²) >= 11 is 0. The minimum atomic E-state index is -0.0992. The summed E-state index contributed by atoms with van der Waals surface area (Å²) in [6, 6.07) is 7.36. The second kappa shape index (κ2) is 9.35. The van der Waals surface area contributed by atoms with E-state index in [4.69, 9.17) is 5.73 Å². The van der Waals surface area contributed by atoms with Crippen molar-refractivity contribution in [2.45, 2.75) is 26.3 Å². The number of carbonyl (C=O) groups is 2. The van der Waals surface area contributed by atoms with E-state index in [1.165, 1.54) is 6.92 Å². The molecule has 4 N–H and O–H groups in total. The number of nitrogens with one attached hydrogen (secondary N) is 2. The Bertz CT molecular complexity index is 407. The molecule has 0 aliphatic heterocycles. The van der Waals surface area contributed by atoms with Gasteiger partial charge in [0.15, 0.2) is 0 Å². The summed E-state index contributed by atoms with van der Waals surface area (Å²) in [5.41, 5.74) is 7.07. The van der Waals surface area contributed by atoms with E-state index in [9.17, 15) is 9.59 Å². The minimum Gasteiger partial charge on any atom is -0.352 e. The van der Waals surface area contributed by atoms with Crippen molar-refractivity contribution in [2.24, 2.45) is 5.73 Å². The number of hydrogen-bond acceptors (Lipinski definition) is 3. The fourth-order valence-corrected chi connectivity index (χ4v) is 1.46. The Hall–Kier alpha value is -1.59. The van der Waals surface area contributed by atoms with Crippen LogP contribution in [0.4, 0.5) is 5.69 Å². The zero-order chi connectivity index (χ0) is 13.4. The van der Waals surface area contributed by atoms with Gasteiger partial charge in [0, 0.05) is 25.6 Å². The van der Waals surface area contributed by atoms with Crippen molar-refractivity contribution in [3.8, 4) is 0 Å². The number of carbonyl (C=O) groups excluding carboxylic acids is 2. The van der Waals surface area contributed by atoms with Crippen molar-refractivity contribution >= 4 is 29.9 Å². The lowest BCUT2D eigenvalue weighted by atomic mass is 10.2. The average molecular weight is 286 g/mol. The van der Waals surface area contributed by atoms with E-state index in [1.54, 1.807) is 0 Å². The lowest BCUT2D eigenvalue weighted by Gasteiger charge is -2.06. The molecule has 0 aliphatic carbocycles. The summed E-state index contributed by atoms with van der Waals surface area (Å²) < 4.78 is 0.